The van der Waals surface area contributed by atoms with Gasteiger partial charge >= 0.3 is 23.9 Å². The van der Waals surface area contributed by atoms with Gasteiger partial charge in [0.1, 0.15) is 13.2 Å². The minimum atomic E-state index is -1.23. The molecule has 0 fully saturated rings. The Morgan fingerprint density at radius 2 is 0.737 bits per heavy atom. The zero-order chi connectivity index (χ0) is 27.3. The molecule has 0 atom stereocenters. The second-order valence-electron chi connectivity index (χ2n) is 7.82. The van der Waals surface area contributed by atoms with Gasteiger partial charge in [-0.05, 0) is 35.4 Å². The van der Waals surface area contributed by atoms with E-state index < -0.39 is 23.9 Å². The van der Waals surface area contributed by atoms with E-state index in [1.165, 1.54) is 24.3 Å². The van der Waals surface area contributed by atoms with Gasteiger partial charge in [0.15, 0.2) is 0 Å². The molecule has 0 bridgehead atoms. The maximum atomic E-state index is 12.4. The van der Waals surface area contributed by atoms with Crippen molar-refractivity contribution < 1.29 is 38.9 Å². The minimum absolute atomic E-state index is 0.146. The second kappa shape index (κ2) is 13.7. The first-order chi connectivity index (χ1) is 18.4. The van der Waals surface area contributed by atoms with Crippen LogP contribution in [0, 0.1) is 0 Å². The van der Waals surface area contributed by atoms with Gasteiger partial charge in [0.25, 0.3) is 0 Å². The van der Waals surface area contributed by atoms with Crippen LogP contribution in [0.3, 0.4) is 0 Å². The number of rotatable bonds is 8. The number of benzene rings is 4. The summed E-state index contributed by atoms with van der Waals surface area (Å²) in [6, 6.07) is 30.7. The van der Waals surface area contributed by atoms with Gasteiger partial charge in [-0.15, -0.1) is 0 Å². The zero-order valence-electron chi connectivity index (χ0n) is 20.2. The lowest BCUT2D eigenvalue weighted by Gasteiger charge is -2.10. The van der Waals surface area contributed by atoms with E-state index in [0.29, 0.717) is 0 Å². The van der Waals surface area contributed by atoms with Gasteiger partial charge in [-0.2, -0.15) is 0 Å². The van der Waals surface area contributed by atoms with E-state index in [2.05, 4.69) is 0 Å². The lowest BCUT2D eigenvalue weighted by molar-refractivity contribution is 0.0425. The van der Waals surface area contributed by atoms with Gasteiger partial charge in [0, 0.05) is 0 Å². The van der Waals surface area contributed by atoms with Crippen molar-refractivity contribution >= 4 is 23.9 Å². The molecule has 0 aliphatic heterocycles. The molecule has 0 aliphatic rings. The van der Waals surface area contributed by atoms with E-state index >= 15 is 0 Å². The Morgan fingerprint density at radius 3 is 1.05 bits per heavy atom. The first-order valence-electron chi connectivity index (χ1n) is 11.4. The number of hydrogen-bond donors (Lipinski definition) is 2. The number of aromatic carboxylic acids is 2. The lowest BCUT2D eigenvalue weighted by Crippen LogP contribution is -2.14. The average Bonchev–Trinajstić information content (AvgIpc) is 2.96. The Balaban J connectivity index is 0.000000279. The van der Waals surface area contributed by atoms with E-state index in [4.69, 9.17) is 19.7 Å². The second-order valence-corrected chi connectivity index (χ2v) is 7.82. The van der Waals surface area contributed by atoms with E-state index in [1.807, 2.05) is 60.7 Å². The fourth-order valence-corrected chi connectivity index (χ4v) is 3.30. The number of esters is 2. The number of hydrogen-bond acceptors (Lipinski definition) is 6. The van der Waals surface area contributed by atoms with Crippen molar-refractivity contribution in [2.75, 3.05) is 0 Å². The predicted molar refractivity (Wildman–Crippen MR) is 138 cm³/mol. The van der Waals surface area contributed by atoms with Gasteiger partial charge in [-0.3, -0.25) is 0 Å². The van der Waals surface area contributed by atoms with Crippen molar-refractivity contribution in [2.45, 2.75) is 13.2 Å². The molecule has 0 aromatic heterocycles. The monoisotopic (exact) mass is 512 g/mol. The summed E-state index contributed by atoms with van der Waals surface area (Å²) in [5.74, 6) is -3.57. The van der Waals surface area contributed by atoms with Crippen LogP contribution in [0.15, 0.2) is 109 Å². The Hall–Kier alpha value is -5.24. The molecule has 4 aromatic carbocycles. The molecule has 0 spiro atoms. The van der Waals surface area contributed by atoms with E-state index in [0.717, 1.165) is 11.1 Å². The summed E-state index contributed by atoms with van der Waals surface area (Å²) in [5, 5.41) is 17.1. The molecular weight excluding hydrogens is 488 g/mol. The maximum Gasteiger partial charge on any atom is 0.339 e. The van der Waals surface area contributed by atoms with Crippen LogP contribution in [-0.2, 0) is 22.7 Å². The highest BCUT2D eigenvalue weighted by Gasteiger charge is 2.19. The van der Waals surface area contributed by atoms with Crippen LogP contribution in [0.1, 0.15) is 52.6 Å². The van der Waals surface area contributed by atoms with E-state index in [-0.39, 0.29) is 35.5 Å². The Morgan fingerprint density at radius 1 is 0.447 bits per heavy atom. The van der Waals surface area contributed by atoms with Crippen LogP contribution in [-0.4, -0.2) is 34.1 Å². The topological polar surface area (TPSA) is 127 Å². The summed E-state index contributed by atoms with van der Waals surface area (Å²) in [4.78, 5) is 45.7. The fraction of sp³-hybridized carbons (Fsp3) is 0.0667. The van der Waals surface area contributed by atoms with Crippen LogP contribution in [0.25, 0.3) is 0 Å². The molecule has 4 rings (SSSR count). The SMILES string of the molecule is O=C(O)c1ccccc1C(=O)O.O=C(OCc1ccccc1)c1ccccc1C(=O)OCc1ccccc1. The number of carboxylic acid groups (broad SMARTS) is 2. The molecule has 8 nitrogen and oxygen atoms in total. The number of carboxylic acids is 2. The molecule has 0 saturated carbocycles. The lowest BCUT2D eigenvalue weighted by atomic mass is 10.1. The highest BCUT2D eigenvalue weighted by Crippen LogP contribution is 2.14. The predicted octanol–water partition coefficient (Wildman–Crippen LogP) is 5.48. The Kier molecular flexibility index (Phi) is 9.89. The highest BCUT2D eigenvalue weighted by molar-refractivity contribution is 6.03. The molecule has 192 valence electrons. The quantitative estimate of drug-likeness (QED) is 0.297. The third kappa shape index (κ3) is 7.89. The van der Waals surface area contributed by atoms with Crippen LogP contribution >= 0.6 is 0 Å². The van der Waals surface area contributed by atoms with Gasteiger partial charge in [-0.25, -0.2) is 19.2 Å². The van der Waals surface area contributed by atoms with Crippen molar-refractivity contribution in [2.24, 2.45) is 0 Å². The zero-order valence-corrected chi connectivity index (χ0v) is 20.2. The Bertz CT molecular complexity index is 1290. The molecule has 0 saturated heterocycles. The molecular formula is C30H24O8. The van der Waals surface area contributed by atoms with Gasteiger partial charge < -0.3 is 19.7 Å². The van der Waals surface area contributed by atoms with Crippen LogP contribution in [0.4, 0.5) is 0 Å². The molecule has 0 aliphatic carbocycles. The molecule has 4 aromatic rings. The van der Waals surface area contributed by atoms with Crippen LogP contribution in [0.5, 0.6) is 0 Å². The molecule has 8 heteroatoms. The van der Waals surface area contributed by atoms with Crippen molar-refractivity contribution in [1.29, 1.82) is 0 Å². The molecule has 0 radical (unpaired) electrons. The summed E-state index contributed by atoms with van der Waals surface area (Å²) >= 11 is 0. The summed E-state index contributed by atoms with van der Waals surface area (Å²) in [6.07, 6.45) is 0. The van der Waals surface area contributed by atoms with Gasteiger partial charge in [0.05, 0.1) is 22.3 Å². The number of carbonyl (C=O) groups excluding carboxylic acids is 2. The summed E-state index contributed by atoms with van der Waals surface area (Å²) in [6.45, 7) is 0.292. The third-order valence-electron chi connectivity index (χ3n) is 5.18. The molecule has 0 amide bonds. The standard InChI is InChI=1S/C22H18O4.C8H6O4/c23-21(25-15-17-9-3-1-4-10-17)19-13-7-8-14-20(19)22(24)26-16-18-11-5-2-6-12-18;9-7(10)5-3-1-2-4-6(5)8(11)12/h1-14H,15-16H2;1-4H,(H,9,10)(H,11,12). The highest BCUT2D eigenvalue weighted by atomic mass is 16.5. The first-order valence-corrected chi connectivity index (χ1v) is 11.4. The van der Waals surface area contributed by atoms with E-state index in [1.54, 1.807) is 24.3 Å². The van der Waals surface area contributed by atoms with Crippen molar-refractivity contribution in [3.63, 3.8) is 0 Å². The van der Waals surface area contributed by atoms with Crippen molar-refractivity contribution in [3.8, 4) is 0 Å². The molecule has 2 N–H and O–H groups in total. The van der Waals surface area contributed by atoms with Gasteiger partial charge in [0.2, 0.25) is 0 Å². The van der Waals surface area contributed by atoms with Crippen LogP contribution < -0.4 is 0 Å². The Labute approximate surface area is 218 Å². The van der Waals surface area contributed by atoms with Gasteiger partial charge in [-0.1, -0.05) is 84.9 Å². The number of ether oxygens (including phenoxy) is 2. The fourth-order valence-electron chi connectivity index (χ4n) is 3.30. The molecule has 0 unspecified atom stereocenters. The van der Waals surface area contributed by atoms with Crippen molar-refractivity contribution in [1.82, 2.24) is 0 Å². The van der Waals surface area contributed by atoms with E-state index in [9.17, 15) is 19.2 Å². The smallest absolute Gasteiger partial charge is 0.339 e. The molecule has 38 heavy (non-hydrogen) atoms. The van der Waals surface area contributed by atoms with Crippen LogP contribution in [0.2, 0.25) is 0 Å². The van der Waals surface area contributed by atoms with Crippen molar-refractivity contribution in [3.05, 3.63) is 143 Å². The third-order valence-corrected chi connectivity index (χ3v) is 5.18. The minimum Gasteiger partial charge on any atom is -0.478 e. The summed E-state index contributed by atoms with van der Waals surface area (Å²) in [5.41, 5.74) is 1.77. The molecule has 0 heterocycles. The maximum absolute atomic E-state index is 12.4. The normalized spacial score (nSPS) is 9.89. The largest absolute Gasteiger partial charge is 0.478 e. The summed E-state index contributed by atoms with van der Waals surface area (Å²) < 4.78 is 10.6. The summed E-state index contributed by atoms with van der Waals surface area (Å²) in [7, 11) is 0. The average molecular weight is 513 g/mol. The number of carbonyl (C=O) groups is 4. The first kappa shape index (κ1) is 27.3.